The summed E-state index contributed by atoms with van der Waals surface area (Å²) in [7, 11) is 0. The number of esters is 1. The first-order valence-corrected chi connectivity index (χ1v) is 7.66. The van der Waals surface area contributed by atoms with Gasteiger partial charge in [0, 0.05) is 0 Å². The van der Waals surface area contributed by atoms with Gasteiger partial charge in [-0.05, 0) is 33.6 Å². The second-order valence-corrected chi connectivity index (χ2v) is 5.43. The van der Waals surface area contributed by atoms with E-state index >= 15 is 0 Å². The summed E-state index contributed by atoms with van der Waals surface area (Å²) in [6.07, 6.45) is 0.524. The Bertz CT molecular complexity index is 688. The first-order valence-electron chi connectivity index (χ1n) is 6.87. The maximum Gasteiger partial charge on any atom is 0.309 e. The molecule has 6 heteroatoms. The monoisotopic (exact) mass is 380 g/mol. The highest BCUT2D eigenvalue weighted by Gasteiger charge is 2.12. The minimum atomic E-state index is -0.554. The van der Waals surface area contributed by atoms with Crippen molar-refractivity contribution < 1.29 is 23.5 Å². The Labute approximate surface area is 141 Å². The van der Waals surface area contributed by atoms with Gasteiger partial charge in [-0.3, -0.25) is 9.59 Å². The van der Waals surface area contributed by atoms with E-state index in [0.717, 1.165) is 5.56 Å². The van der Waals surface area contributed by atoms with Crippen LogP contribution in [0.4, 0.5) is 4.39 Å². The summed E-state index contributed by atoms with van der Waals surface area (Å²) in [5, 5.41) is 0. The molecular weight excluding hydrogens is 367 g/mol. The molecule has 120 valence electrons. The standard InChI is InChI=1S/C17H14BrFO4/c18-17-13(10-20)15(7-6-14(17)19)22-9-8-16(21)23-11-12-4-2-1-3-5-12/h1-7,10H,8-9,11H2. The Balaban J connectivity index is 1.82. The van der Waals surface area contributed by atoms with E-state index < -0.39 is 11.8 Å². The van der Waals surface area contributed by atoms with Crippen LogP contribution in [0.1, 0.15) is 22.3 Å². The molecule has 0 N–H and O–H groups in total. The third-order valence-corrected chi connectivity index (χ3v) is 3.82. The van der Waals surface area contributed by atoms with E-state index in [9.17, 15) is 14.0 Å². The molecule has 0 radical (unpaired) electrons. The van der Waals surface area contributed by atoms with E-state index in [1.165, 1.54) is 12.1 Å². The average molecular weight is 381 g/mol. The quantitative estimate of drug-likeness (QED) is 0.539. The van der Waals surface area contributed by atoms with Crippen molar-refractivity contribution in [1.29, 1.82) is 0 Å². The molecule has 0 aliphatic rings. The lowest BCUT2D eigenvalue weighted by Crippen LogP contribution is -2.10. The molecule has 0 aromatic heterocycles. The van der Waals surface area contributed by atoms with Gasteiger partial charge in [0.05, 0.1) is 23.1 Å². The van der Waals surface area contributed by atoms with E-state index in [1.54, 1.807) is 0 Å². The average Bonchev–Trinajstić information content (AvgIpc) is 2.57. The number of aldehydes is 1. The van der Waals surface area contributed by atoms with Gasteiger partial charge in [-0.1, -0.05) is 30.3 Å². The van der Waals surface area contributed by atoms with Crippen LogP contribution in [0.2, 0.25) is 0 Å². The first-order chi connectivity index (χ1) is 11.1. The molecule has 0 atom stereocenters. The topological polar surface area (TPSA) is 52.6 Å². The minimum Gasteiger partial charge on any atom is -0.492 e. The molecule has 0 heterocycles. The Kier molecular flexibility index (Phi) is 6.29. The minimum absolute atomic E-state index is 0.0279. The molecule has 0 aliphatic carbocycles. The number of halogens is 2. The SMILES string of the molecule is O=Cc1c(OCCC(=O)OCc2ccccc2)ccc(F)c1Br. The number of ether oxygens (including phenoxy) is 2. The highest BCUT2D eigenvalue weighted by molar-refractivity contribution is 9.10. The van der Waals surface area contributed by atoms with Crippen molar-refractivity contribution in [3.05, 3.63) is 63.9 Å². The van der Waals surface area contributed by atoms with Crippen LogP contribution in [0.5, 0.6) is 5.75 Å². The van der Waals surface area contributed by atoms with Crippen LogP contribution in [0.25, 0.3) is 0 Å². The largest absolute Gasteiger partial charge is 0.492 e. The normalized spacial score (nSPS) is 10.2. The molecule has 2 aromatic rings. The van der Waals surface area contributed by atoms with Gasteiger partial charge >= 0.3 is 5.97 Å². The van der Waals surface area contributed by atoms with E-state index in [4.69, 9.17) is 9.47 Å². The smallest absolute Gasteiger partial charge is 0.309 e. The Hall–Kier alpha value is -2.21. The van der Waals surface area contributed by atoms with Gasteiger partial charge in [0.15, 0.2) is 6.29 Å². The van der Waals surface area contributed by atoms with E-state index in [-0.39, 0.29) is 35.4 Å². The molecule has 4 nitrogen and oxygen atoms in total. The van der Waals surface area contributed by atoms with Gasteiger partial charge in [-0.2, -0.15) is 0 Å². The molecule has 0 saturated carbocycles. The van der Waals surface area contributed by atoms with Crippen molar-refractivity contribution in [3.63, 3.8) is 0 Å². The summed E-state index contributed by atoms with van der Waals surface area (Å²) in [5.74, 6) is -0.756. The number of carbonyl (C=O) groups is 2. The van der Waals surface area contributed by atoms with E-state index in [2.05, 4.69) is 15.9 Å². The lowest BCUT2D eigenvalue weighted by atomic mass is 10.2. The summed E-state index contributed by atoms with van der Waals surface area (Å²) >= 11 is 2.98. The van der Waals surface area contributed by atoms with Crippen molar-refractivity contribution in [2.24, 2.45) is 0 Å². The van der Waals surface area contributed by atoms with Gasteiger partial charge in [0.1, 0.15) is 18.2 Å². The number of hydrogen-bond acceptors (Lipinski definition) is 4. The third kappa shape index (κ3) is 4.89. The Morgan fingerprint density at radius 1 is 1.17 bits per heavy atom. The molecule has 2 aromatic carbocycles. The molecule has 0 aliphatic heterocycles. The fourth-order valence-corrected chi connectivity index (χ4v) is 2.26. The van der Waals surface area contributed by atoms with Crippen LogP contribution in [0.3, 0.4) is 0 Å². The summed E-state index contributed by atoms with van der Waals surface area (Å²) in [4.78, 5) is 22.6. The van der Waals surface area contributed by atoms with Gasteiger partial charge < -0.3 is 9.47 Å². The van der Waals surface area contributed by atoms with Crippen LogP contribution >= 0.6 is 15.9 Å². The number of benzene rings is 2. The van der Waals surface area contributed by atoms with Crippen molar-refractivity contribution >= 4 is 28.2 Å². The highest BCUT2D eigenvalue weighted by atomic mass is 79.9. The predicted molar refractivity (Wildman–Crippen MR) is 85.8 cm³/mol. The predicted octanol–water partition coefficient (Wildman–Crippen LogP) is 3.91. The Morgan fingerprint density at radius 3 is 2.61 bits per heavy atom. The highest BCUT2D eigenvalue weighted by Crippen LogP contribution is 2.28. The second-order valence-electron chi connectivity index (χ2n) is 4.64. The van der Waals surface area contributed by atoms with Gasteiger partial charge in [0.2, 0.25) is 0 Å². The second kappa shape index (κ2) is 8.43. The van der Waals surface area contributed by atoms with Gasteiger partial charge in [-0.25, -0.2) is 4.39 Å². The molecule has 0 amide bonds. The number of rotatable bonds is 7. The molecule has 23 heavy (non-hydrogen) atoms. The maximum atomic E-state index is 13.3. The molecule has 0 bridgehead atoms. The molecular formula is C17H14BrFO4. The molecule has 0 fully saturated rings. The van der Waals surface area contributed by atoms with Crippen LogP contribution in [-0.4, -0.2) is 18.9 Å². The van der Waals surface area contributed by atoms with Crippen molar-refractivity contribution in [2.75, 3.05) is 6.61 Å². The Morgan fingerprint density at radius 2 is 1.91 bits per heavy atom. The lowest BCUT2D eigenvalue weighted by Gasteiger charge is -2.10. The maximum absolute atomic E-state index is 13.3. The summed E-state index contributed by atoms with van der Waals surface area (Å²) in [6, 6.07) is 11.8. The fourth-order valence-electron chi connectivity index (χ4n) is 1.84. The lowest BCUT2D eigenvalue weighted by molar-refractivity contribution is -0.145. The zero-order valence-electron chi connectivity index (χ0n) is 12.1. The van der Waals surface area contributed by atoms with Crippen LogP contribution in [0, 0.1) is 5.82 Å². The molecule has 0 saturated heterocycles. The van der Waals surface area contributed by atoms with E-state index in [0.29, 0.717) is 6.29 Å². The zero-order valence-corrected chi connectivity index (χ0v) is 13.7. The summed E-state index contributed by atoms with van der Waals surface area (Å²) in [6.45, 7) is 0.230. The molecule has 2 rings (SSSR count). The zero-order chi connectivity index (χ0) is 16.7. The number of carbonyl (C=O) groups excluding carboxylic acids is 2. The van der Waals surface area contributed by atoms with E-state index in [1.807, 2.05) is 30.3 Å². The summed E-state index contributed by atoms with van der Waals surface area (Å²) < 4.78 is 23.8. The van der Waals surface area contributed by atoms with Crippen LogP contribution in [-0.2, 0) is 16.1 Å². The van der Waals surface area contributed by atoms with Crippen molar-refractivity contribution in [2.45, 2.75) is 13.0 Å². The first kappa shape index (κ1) is 17.1. The van der Waals surface area contributed by atoms with Crippen LogP contribution < -0.4 is 4.74 Å². The molecule has 0 spiro atoms. The molecule has 0 unspecified atom stereocenters. The summed E-state index contributed by atoms with van der Waals surface area (Å²) in [5.41, 5.74) is 0.968. The van der Waals surface area contributed by atoms with Gasteiger partial charge in [0.25, 0.3) is 0 Å². The third-order valence-electron chi connectivity index (χ3n) is 3.02. The van der Waals surface area contributed by atoms with Crippen molar-refractivity contribution in [1.82, 2.24) is 0 Å². The van der Waals surface area contributed by atoms with Crippen LogP contribution in [0.15, 0.2) is 46.9 Å². The fraction of sp³-hybridized carbons (Fsp3) is 0.176. The number of hydrogen-bond donors (Lipinski definition) is 0. The van der Waals surface area contributed by atoms with Crippen molar-refractivity contribution in [3.8, 4) is 5.75 Å². The van der Waals surface area contributed by atoms with Gasteiger partial charge in [-0.15, -0.1) is 0 Å².